The second-order valence-corrected chi connectivity index (χ2v) is 6.00. The van der Waals surface area contributed by atoms with Crippen LogP contribution < -0.4 is 19.7 Å². The highest BCUT2D eigenvalue weighted by Gasteiger charge is 2.23. The maximum atomic E-state index is 12.4. The van der Waals surface area contributed by atoms with Crippen molar-refractivity contribution in [1.82, 2.24) is 8.75 Å². The first-order chi connectivity index (χ1) is 12.2. The van der Waals surface area contributed by atoms with Crippen LogP contribution in [0.4, 0.5) is 11.5 Å². The van der Waals surface area contributed by atoms with Crippen molar-refractivity contribution in [3.63, 3.8) is 0 Å². The van der Waals surface area contributed by atoms with Gasteiger partial charge in [0, 0.05) is 24.8 Å². The Labute approximate surface area is 150 Å². The van der Waals surface area contributed by atoms with Crippen LogP contribution in [0.3, 0.4) is 0 Å². The van der Waals surface area contributed by atoms with Gasteiger partial charge in [-0.1, -0.05) is 6.07 Å². The Morgan fingerprint density at radius 3 is 2.92 bits per heavy atom. The molecule has 1 fully saturated rings. The van der Waals surface area contributed by atoms with Crippen LogP contribution in [0.25, 0.3) is 0 Å². The molecule has 3 rings (SSSR count). The molecular formula is C16H20N4O4S. The van der Waals surface area contributed by atoms with Crippen molar-refractivity contribution in [2.75, 3.05) is 43.6 Å². The zero-order valence-electron chi connectivity index (χ0n) is 14.1. The number of benzene rings is 1. The molecule has 0 radical (unpaired) electrons. The number of carbonyl (C=O) groups is 1. The molecule has 0 spiro atoms. The summed E-state index contributed by atoms with van der Waals surface area (Å²) in [6.45, 7) is 4.42. The molecule has 1 atom stereocenters. The molecule has 1 saturated heterocycles. The minimum absolute atomic E-state index is 0.269. The van der Waals surface area contributed by atoms with E-state index in [0.29, 0.717) is 36.3 Å². The maximum Gasteiger partial charge on any atom is 0.271 e. The van der Waals surface area contributed by atoms with E-state index in [1.807, 2.05) is 6.07 Å². The molecule has 9 heteroatoms. The SMILES string of the molecule is COc1cccc(NC(=O)C(C)Oc2nsnc2N2CCOCC2)c1. The van der Waals surface area contributed by atoms with Gasteiger partial charge in [0.05, 0.1) is 32.1 Å². The third-order valence-corrected chi connectivity index (χ3v) is 4.25. The van der Waals surface area contributed by atoms with Gasteiger partial charge in [0.2, 0.25) is 5.82 Å². The molecule has 1 N–H and O–H groups in total. The number of carbonyl (C=O) groups excluding carboxylic acids is 1. The first-order valence-electron chi connectivity index (χ1n) is 7.94. The van der Waals surface area contributed by atoms with Gasteiger partial charge in [-0.25, -0.2) is 0 Å². The van der Waals surface area contributed by atoms with Crippen molar-refractivity contribution < 1.29 is 19.0 Å². The quantitative estimate of drug-likeness (QED) is 0.836. The summed E-state index contributed by atoms with van der Waals surface area (Å²) in [7, 11) is 1.58. The molecule has 1 aromatic carbocycles. The van der Waals surface area contributed by atoms with Gasteiger partial charge in [0.25, 0.3) is 11.8 Å². The van der Waals surface area contributed by atoms with Crippen molar-refractivity contribution in [2.45, 2.75) is 13.0 Å². The Bertz CT molecular complexity index is 718. The molecule has 1 aliphatic heterocycles. The first-order valence-corrected chi connectivity index (χ1v) is 8.67. The number of morpholine rings is 1. The molecule has 2 aromatic rings. The lowest BCUT2D eigenvalue weighted by Crippen LogP contribution is -2.37. The van der Waals surface area contributed by atoms with E-state index >= 15 is 0 Å². The number of methoxy groups -OCH3 is 1. The van der Waals surface area contributed by atoms with Crippen LogP contribution in [0.5, 0.6) is 11.6 Å². The van der Waals surface area contributed by atoms with Crippen LogP contribution in [0.1, 0.15) is 6.92 Å². The fourth-order valence-corrected chi connectivity index (χ4v) is 2.89. The number of nitrogens with one attached hydrogen (secondary N) is 1. The molecule has 134 valence electrons. The van der Waals surface area contributed by atoms with Crippen molar-refractivity contribution in [3.8, 4) is 11.6 Å². The average Bonchev–Trinajstić information content (AvgIpc) is 3.10. The van der Waals surface area contributed by atoms with Crippen LogP contribution in [0, 0.1) is 0 Å². The van der Waals surface area contributed by atoms with Crippen molar-refractivity contribution >= 4 is 29.1 Å². The highest BCUT2D eigenvalue weighted by atomic mass is 32.1. The van der Waals surface area contributed by atoms with Gasteiger partial charge in [0.1, 0.15) is 5.75 Å². The molecule has 0 aliphatic carbocycles. The third-order valence-electron chi connectivity index (χ3n) is 3.75. The summed E-state index contributed by atoms with van der Waals surface area (Å²) in [4.78, 5) is 14.4. The Balaban J connectivity index is 1.62. The fraction of sp³-hybridized carbons (Fsp3) is 0.438. The van der Waals surface area contributed by atoms with Crippen molar-refractivity contribution in [2.24, 2.45) is 0 Å². The lowest BCUT2D eigenvalue weighted by Gasteiger charge is -2.27. The molecule has 8 nitrogen and oxygen atoms in total. The Hall–Kier alpha value is -2.39. The highest BCUT2D eigenvalue weighted by Crippen LogP contribution is 2.27. The highest BCUT2D eigenvalue weighted by molar-refractivity contribution is 6.99. The summed E-state index contributed by atoms with van der Waals surface area (Å²) >= 11 is 1.07. The lowest BCUT2D eigenvalue weighted by atomic mass is 10.3. The number of hydrogen-bond donors (Lipinski definition) is 1. The lowest BCUT2D eigenvalue weighted by molar-refractivity contribution is -0.122. The molecule has 25 heavy (non-hydrogen) atoms. The van der Waals surface area contributed by atoms with Crippen LogP contribution in [0.15, 0.2) is 24.3 Å². The normalized spacial score (nSPS) is 15.5. The molecule has 1 aromatic heterocycles. The average molecular weight is 364 g/mol. The number of hydrogen-bond acceptors (Lipinski definition) is 8. The minimum Gasteiger partial charge on any atom is -0.497 e. The van der Waals surface area contributed by atoms with Gasteiger partial charge in [-0.3, -0.25) is 4.79 Å². The van der Waals surface area contributed by atoms with E-state index in [0.717, 1.165) is 24.8 Å². The summed E-state index contributed by atoms with van der Waals surface area (Å²) in [5.41, 5.74) is 0.643. The van der Waals surface area contributed by atoms with Gasteiger partial charge < -0.3 is 24.4 Å². The number of ether oxygens (including phenoxy) is 3. The fourth-order valence-electron chi connectivity index (χ4n) is 2.38. The zero-order valence-corrected chi connectivity index (χ0v) is 14.9. The summed E-state index contributed by atoms with van der Waals surface area (Å²) in [6, 6.07) is 7.15. The molecule has 2 heterocycles. The molecule has 1 amide bonds. The monoisotopic (exact) mass is 364 g/mol. The Morgan fingerprint density at radius 2 is 2.16 bits per heavy atom. The summed E-state index contributed by atoms with van der Waals surface area (Å²) in [5, 5.41) is 2.81. The van der Waals surface area contributed by atoms with E-state index in [2.05, 4.69) is 19.0 Å². The van der Waals surface area contributed by atoms with E-state index in [4.69, 9.17) is 14.2 Å². The minimum atomic E-state index is -0.713. The van der Waals surface area contributed by atoms with Crippen LogP contribution in [-0.4, -0.2) is 54.2 Å². The van der Waals surface area contributed by atoms with E-state index in [1.54, 1.807) is 32.2 Å². The predicted molar refractivity (Wildman–Crippen MR) is 94.7 cm³/mol. The largest absolute Gasteiger partial charge is 0.497 e. The predicted octanol–water partition coefficient (Wildman–Crippen LogP) is 1.79. The topological polar surface area (TPSA) is 85.8 Å². The number of amides is 1. The van der Waals surface area contributed by atoms with E-state index < -0.39 is 6.10 Å². The zero-order chi connectivity index (χ0) is 17.6. The van der Waals surface area contributed by atoms with Gasteiger partial charge in [0.15, 0.2) is 6.10 Å². The van der Waals surface area contributed by atoms with Crippen LogP contribution >= 0.6 is 11.7 Å². The molecular weight excluding hydrogens is 344 g/mol. The number of aromatic nitrogens is 2. The number of nitrogens with zero attached hydrogens (tertiary/aromatic N) is 3. The van der Waals surface area contributed by atoms with Crippen molar-refractivity contribution in [1.29, 1.82) is 0 Å². The standard InChI is InChI=1S/C16H20N4O4S/c1-11(15(21)17-12-4-3-5-13(10-12)22-2)24-16-14(18-25-19-16)20-6-8-23-9-7-20/h3-5,10-11H,6-9H2,1-2H3,(H,17,21). The Morgan fingerprint density at radius 1 is 1.36 bits per heavy atom. The van der Waals surface area contributed by atoms with Gasteiger partial charge in [-0.2, -0.15) is 4.37 Å². The van der Waals surface area contributed by atoms with Gasteiger partial charge >= 0.3 is 0 Å². The van der Waals surface area contributed by atoms with E-state index in [1.165, 1.54) is 0 Å². The molecule has 1 unspecified atom stereocenters. The second kappa shape index (κ2) is 8.13. The van der Waals surface area contributed by atoms with Crippen LogP contribution in [-0.2, 0) is 9.53 Å². The Kier molecular flexibility index (Phi) is 5.67. The number of anilines is 2. The summed E-state index contributed by atoms with van der Waals surface area (Å²) in [5.74, 6) is 1.44. The smallest absolute Gasteiger partial charge is 0.271 e. The van der Waals surface area contributed by atoms with Crippen molar-refractivity contribution in [3.05, 3.63) is 24.3 Å². The molecule has 1 aliphatic rings. The summed E-state index contributed by atoms with van der Waals surface area (Å²) < 4.78 is 24.7. The van der Waals surface area contributed by atoms with Gasteiger partial charge in [-0.15, -0.1) is 4.37 Å². The first kappa shape index (κ1) is 17.4. The summed E-state index contributed by atoms with van der Waals surface area (Å²) in [6.07, 6.45) is -0.713. The van der Waals surface area contributed by atoms with Crippen LogP contribution in [0.2, 0.25) is 0 Å². The van der Waals surface area contributed by atoms with E-state index in [9.17, 15) is 4.79 Å². The molecule has 0 bridgehead atoms. The maximum absolute atomic E-state index is 12.4. The third kappa shape index (κ3) is 4.37. The van der Waals surface area contributed by atoms with E-state index in [-0.39, 0.29) is 5.91 Å². The number of rotatable bonds is 6. The van der Waals surface area contributed by atoms with Gasteiger partial charge in [-0.05, 0) is 19.1 Å². The second-order valence-electron chi connectivity index (χ2n) is 5.47. The molecule has 0 saturated carbocycles.